The monoisotopic (exact) mass is 332 g/mol. The fourth-order valence-electron chi connectivity index (χ4n) is 2.91. The number of carbonyl (C=O) groups is 2. The zero-order valence-electron chi connectivity index (χ0n) is 11.6. The molecule has 126 valence electrons. The predicted molar refractivity (Wildman–Crippen MR) is 61.5 cm³/mol. The van der Waals surface area contributed by atoms with Gasteiger partial charge in [0.05, 0.1) is 5.92 Å². The molecule has 0 aliphatic carbocycles. The van der Waals surface area contributed by atoms with Crippen molar-refractivity contribution >= 4 is 11.8 Å². The highest BCUT2D eigenvalue weighted by Crippen LogP contribution is 2.55. The molecule has 10 heteroatoms. The molecule has 2 rings (SSSR count). The first-order chi connectivity index (χ1) is 9.89. The lowest BCUT2D eigenvalue weighted by Gasteiger charge is -2.33. The number of likely N-dealkylation sites (tertiary alicyclic amines) is 2. The summed E-state index contributed by atoms with van der Waals surface area (Å²) in [4.78, 5) is 25.3. The Labute approximate surface area is 122 Å². The Morgan fingerprint density at radius 2 is 1.73 bits per heavy atom. The zero-order valence-corrected chi connectivity index (χ0v) is 11.6. The van der Waals surface area contributed by atoms with Crippen LogP contribution in [0.4, 0.5) is 26.3 Å². The molecule has 0 unspecified atom stereocenters. The summed E-state index contributed by atoms with van der Waals surface area (Å²) in [5.74, 6) is -2.06. The average Bonchev–Trinajstić information content (AvgIpc) is 2.93. The van der Waals surface area contributed by atoms with Crippen LogP contribution in [-0.4, -0.2) is 60.6 Å². The number of amides is 2. The molecule has 2 saturated heterocycles. The molecule has 4 nitrogen and oxygen atoms in total. The number of hydrogen-bond acceptors (Lipinski definition) is 2. The summed E-state index contributed by atoms with van der Waals surface area (Å²) in [6, 6.07) is 0. The van der Waals surface area contributed by atoms with Crippen LogP contribution in [0.15, 0.2) is 0 Å². The predicted octanol–water partition coefficient (Wildman–Crippen LogP) is 1.81. The standard InChI is InChI=1S/C12H14F6N2O2/c1-19-5-7(4-8(19)21)9(22)20-3-2-10(6-20,11(13,14)15)12(16,17)18/h7H,2-6H2,1H3/t7-/m1/s1. The highest BCUT2D eigenvalue weighted by Gasteiger charge is 2.73. The Morgan fingerprint density at radius 1 is 1.18 bits per heavy atom. The summed E-state index contributed by atoms with van der Waals surface area (Å²) in [7, 11) is 1.43. The number of carbonyl (C=O) groups excluding carboxylic acids is 2. The third kappa shape index (κ3) is 2.52. The number of alkyl halides is 6. The summed E-state index contributed by atoms with van der Waals surface area (Å²) < 4.78 is 77.6. The molecule has 22 heavy (non-hydrogen) atoms. The molecule has 2 heterocycles. The SMILES string of the molecule is CN1C[C@H](C(=O)N2CCC(C(F)(F)F)(C(F)(F)F)C2)CC1=O. The number of rotatable bonds is 1. The summed E-state index contributed by atoms with van der Waals surface area (Å²) in [5.41, 5.74) is -3.88. The van der Waals surface area contributed by atoms with Gasteiger partial charge in [-0.15, -0.1) is 0 Å². The van der Waals surface area contributed by atoms with Gasteiger partial charge in [0.2, 0.25) is 11.8 Å². The van der Waals surface area contributed by atoms with Gasteiger partial charge in [-0.3, -0.25) is 9.59 Å². The molecule has 0 saturated carbocycles. The summed E-state index contributed by atoms with van der Waals surface area (Å²) >= 11 is 0. The van der Waals surface area contributed by atoms with E-state index in [4.69, 9.17) is 0 Å². The highest BCUT2D eigenvalue weighted by molar-refractivity contribution is 5.89. The van der Waals surface area contributed by atoms with Crippen molar-refractivity contribution in [1.29, 1.82) is 0 Å². The molecule has 0 aromatic rings. The van der Waals surface area contributed by atoms with Crippen molar-refractivity contribution in [1.82, 2.24) is 9.80 Å². The van der Waals surface area contributed by atoms with E-state index in [1.54, 1.807) is 0 Å². The van der Waals surface area contributed by atoms with E-state index in [9.17, 15) is 35.9 Å². The molecule has 1 atom stereocenters. The molecular weight excluding hydrogens is 318 g/mol. The minimum Gasteiger partial charge on any atom is -0.345 e. The Hall–Kier alpha value is -1.48. The fourth-order valence-corrected chi connectivity index (χ4v) is 2.91. The van der Waals surface area contributed by atoms with Gasteiger partial charge in [-0.25, -0.2) is 0 Å². The molecule has 0 radical (unpaired) electrons. The van der Waals surface area contributed by atoms with Crippen LogP contribution >= 0.6 is 0 Å². The molecule has 2 fully saturated rings. The summed E-state index contributed by atoms with van der Waals surface area (Å²) in [6.45, 7) is -2.04. The third-order valence-corrected chi connectivity index (χ3v) is 4.36. The van der Waals surface area contributed by atoms with Crippen LogP contribution in [0, 0.1) is 11.3 Å². The quantitative estimate of drug-likeness (QED) is 0.687. The van der Waals surface area contributed by atoms with Crippen LogP contribution < -0.4 is 0 Å². The van der Waals surface area contributed by atoms with Crippen molar-refractivity contribution < 1.29 is 35.9 Å². The second-order valence-corrected chi connectivity index (χ2v) is 5.76. The fraction of sp³-hybridized carbons (Fsp3) is 0.833. The van der Waals surface area contributed by atoms with Crippen molar-refractivity contribution in [2.45, 2.75) is 25.2 Å². The van der Waals surface area contributed by atoms with Crippen LogP contribution in [0.3, 0.4) is 0 Å². The van der Waals surface area contributed by atoms with Gasteiger partial charge in [0.15, 0.2) is 5.41 Å². The highest BCUT2D eigenvalue weighted by atomic mass is 19.4. The van der Waals surface area contributed by atoms with Gasteiger partial charge in [-0.2, -0.15) is 26.3 Å². The van der Waals surface area contributed by atoms with Crippen LogP contribution in [0.2, 0.25) is 0 Å². The minimum atomic E-state index is -5.48. The largest absolute Gasteiger partial charge is 0.404 e. The number of halogens is 6. The van der Waals surface area contributed by atoms with Crippen molar-refractivity contribution in [2.75, 3.05) is 26.7 Å². The van der Waals surface area contributed by atoms with Gasteiger partial charge < -0.3 is 9.80 Å². The van der Waals surface area contributed by atoms with Crippen molar-refractivity contribution in [2.24, 2.45) is 11.3 Å². The van der Waals surface area contributed by atoms with E-state index in [1.807, 2.05) is 0 Å². The van der Waals surface area contributed by atoms with Gasteiger partial charge in [0.25, 0.3) is 0 Å². The molecule has 0 aromatic heterocycles. The van der Waals surface area contributed by atoms with E-state index in [0.717, 1.165) is 0 Å². The second kappa shape index (κ2) is 5.02. The van der Waals surface area contributed by atoms with Crippen molar-refractivity contribution in [3.8, 4) is 0 Å². The first-order valence-electron chi connectivity index (χ1n) is 6.55. The van der Waals surface area contributed by atoms with E-state index in [1.165, 1.54) is 11.9 Å². The second-order valence-electron chi connectivity index (χ2n) is 5.76. The van der Waals surface area contributed by atoms with Gasteiger partial charge >= 0.3 is 12.4 Å². The lowest BCUT2D eigenvalue weighted by Crippen LogP contribution is -2.52. The van der Waals surface area contributed by atoms with Gasteiger partial charge in [0.1, 0.15) is 0 Å². The van der Waals surface area contributed by atoms with Crippen molar-refractivity contribution in [3.63, 3.8) is 0 Å². The Morgan fingerprint density at radius 3 is 2.09 bits per heavy atom. The topological polar surface area (TPSA) is 40.6 Å². The van der Waals surface area contributed by atoms with Gasteiger partial charge in [-0.05, 0) is 6.42 Å². The van der Waals surface area contributed by atoms with Gasteiger partial charge in [-0.1, -0.05) is 0 Å². The molecular formula is C12H14F6N2O2. The smallest absolute Gasteiger partial charge is 0.345 e. The van der Waals surface area contributed by atoms with Crippen molar-refractivity contribution in [3.05, 3.63) is 0 Å². The molecule has 2 aliphatic heterocycles. The maximum absolute atomic E-state index is 12.9. The lowest BCUT2D eigenvalue weighted by molar-refractivity contribution is -0.334. The number of hydrogen-bond donors (Lipinski definition) is 0. The summed E-state index contributed by atoms with van der Waals surface area (Å²) in [5, 5.41) is 0. The van der Waals surface area contributed by atoms with E-state index < -0.39 is 49.1 Å². The molecule has 0 N–H and O–H groups in total. The zero-order chi connectivity index (χ0) is 16.9. The summed E-state index contributed by atoms with van der Waals surface area (Å²) in [6.07, 6.45) is -12.4. The maximum atomic E-state index is 12.9. The molecule has 0 spiro atoms. The average molecular weight is 332 g/mol. The van der Waals surface area contributed by atoms with Gasteiger partial charge in [0, 0.05) is 33.1 Å². The maximum Gasteiger partial charge on any atom is 0.404 e. The Bertz CT molecular complexity index is 473. The molecule has 2 amide bonds. The first kappa shape index (κ1) is 16.9. The minimum absolute atomic E-state index is 0.0131. The van der Waals surface area contributed by atoms with E-state index >= 15 is 0 Å². The molecule has 0 aromatic carbocycles. The van der Waals surface area contributed by atoms with Crippen LogP contribution in [0.5, 0.6) is 0 Å². The van der Waals surface area contributed by atoms with E-state index in [0.29, 0.717) is 4.90 Å². The van der Waals surface area contributed by atoms with Crippen LogP contribution in [-0.2, 0) is 9.59 Å². The molecule has 0 bridgehead atoms. The van der Waals surface area contributed by atoms with Crippen LogP contribution in [0.1, 0.15) is 12.8 Å². The number of nitrogens with zero attached hydrogens (tertiary/aromatic N) is 2. The Balaban J connectivity index is 2.17. The third-order valence-electron chi connectivity index (χ3n) is 4.36. The Kier molecular flexibility index (Phi) is 3.85. The molecule has 2 aliphatic rings. The normalized spacial score (nSPS) is 26.0. The van der Waals surface area contributed by atoms with E-state index in [-0.39, 0.29) is 18.9 Å². The lowest BCUT2D eigenvalue weighted by atomic mass is 9.85. The van der Waals surface area contributed by atoms with Crippen LogP contribution in [0.25, 0.3) is 0 Å². The van der Waals surface area contributed by atoms with E-state index in [2.05, 4.69) is 0 Å². The first-order valence-corrected chi connectivity index (χ1v) is 6.55.